The fourth-order valence-corrected chi connectivity index (χ4v) is 3.06. The van der Waals surface area contributed by atoms with Crippen molar-refractivity contribution in [1.29, 1.82) is 0 Å². The van der Waals surface area contributed by atoms with Crippen LogP contribution < -0.4 is 16.4 Å². The largest absolute Gasteiger partial charge is 0.353 e. The number of amides is 3. The van der Waals surface area contributed by atoms with Crippen molar-refractivity contribution in [2.45, 2.75) is 57.0 Å². The first kappa shape index (κ1) is 17.2. The molecule has 0 heterocycles. The van der Waals surface area contributed by atoms with E-state index in [1.54, 1.807) is 18.2 Å². The van der Waals surface area contributed by atoms with Crippen LogP contribution in [0.2, 0.25) is 0 Å². The van der Waals surface area contributed by atoms with Crippen LogP contribution in [-0.2, 0) is 4.79 Å². The van der Waals surface area contributed by atoms with Gasteiger partial charge in [0, 0.05) is 11.6 Å². The maximum absolute atomic E-state index is 13.9. The Morgan fingerprint density at radius 3 is 2.43 bits per heavy atom. The van der Waals surface area contributed by atoms with Gasteiger partial charge in [0.2, 0.25) is 5.91 Å². The highest BCUT2D eigenvalue weighted by molar-refractivity contribution is 5.79. The number of hydrogen-bond donors (Lipinski definition) is 3. The first-order valence-electron chi connectivity index (χ1n) is 8.16. The summed E-state index contributed by atoms with van der Waals surface area (Å²) < 4.78 is 13.9. The molecule has 0 aromatic heterocycles. The number of nitrogens with two attached hydrogens (primary N) is 1. The molecule has 1 fully saturated rings. The Labute approximate surface area is 135 Å². The molecule has 3 amide bonds. The number of carbonyl (C=O) groups excluding carboxylic acids is 2. The van der Waals surface area contributed by atoms with E-state index in [1.807, 2.05) is 0 Å². The van der Waals surface area contributed by atoms with E-state index in [1.165, 1.54) is 18.9 Å². The first-order valence-corrected chi connectivity index (χ1v) is 8.16. The summed E-state index contributed by atoms with van der Waals surface area (Å²) in [5.41, 5.74) is 5.42. The molecule has 6 heteroatoms. The van der Waals surface area contributed by atoms with Crippen molar-refractivity contribution in [3.63, 3.8) is 0 Å². The van der Waals surface area contributed by atoms with Crippen LogP contribution in [0.1, 0.15) is 56.6 Å². The summed E-state index contributed by atoms with van der Waals surface area (Å²) in [6.07, 6.45) is 6.54. The van der Waals surface area contributed by atoms with E-state index in [-0.39, 0.29) is 23.9 Å². The topological polar surface area (TPSA) is 84.2 Å². The van der Waals surface area contributed by atoms with Gasteiger partial charge in [-0.05, 0) is 18.9 Å². The maximum atomic E-state index is 13.9. The van der Waals surface area contributed by atoms with Crippen LogP contribution in [0.5, 0.6) is 0 Å². The highest BCUT2D eigenvalue weighted by atomic mass is 19.1. The summed E-state index contributed by atoms with van der Waals surface area (Å²) in [6, 6.07) is 4.70. The van der Waals surface area contributed by atoms with Gasteiger partial charge in [0.15, 0.2) is 0 Å². The molecule has 0 unspecified atom stereocenters. The highest BCUT2D eigenvalue weighted by Crippen LogP contribution is 2.21. The Morgan fingerprint density at radius 1 is 1.17 bits per heavy atom. The average molecular weight is 321 g/mol. The molecule has 1 atom stereocenters. The molecular formula is C17H24FN3O2. The predicted molar refractivity (Wildman–Crippen MR) is 86.1 cm³/mol. The molecule has 1 aliphatic carbocycles. The van der Waals surface area contributed by atoms with E-state index < -0.39 is 17.9 Å². The van der Waals surface area contributed by atoms with Crippen molar-refractivity contribution in [3.05, 3.63) is 35.6 Å². The van der Waals surface area contributed by atoms with E-state index in [9.17, 15) is 14.0 Å². The molecule has 1 aromatic carbocycles. The second kappa shape index (κ2) is 8.50. The Kier molecular flexibility index (Phi) is 6.38. The summed E-state index contributed by atoms with van der Waals surface area (Å²) in [7, 11) is 0. The third kappa shape index (κ3) is 5.54. The van der Waals surface area contributed by atoms with Crippen LogP contribution in [0.25, 0.3) is 0 Å². The fourth-order valence-electron chi connectivity index (χ4n) is 3.06. The summed E-state index contributed by atoms with van der Waals surface area (Å²) >= 11 is 0. The molecule has 5 nitrogen and oxygen atoms in total. The average Bonchev–Trinajstić information content (AvgIpc) is 2.75. The maximum Gasteiger partial charge on any atom is 0.312 e. The normalized spacial score (nSPS) is 17.1. The summed E-state index contributed by atoms with van der Waals surface area (Å²) in [6.45, 7) is 0. The molecule has 2 rings (SSSR count). The number of benzene rings is 1. The van der Waals surface area contributed by atoms with Crippen LogP contribution in [0.15, 0.2) is 24.3 Å². The second-order valence-electron chi connectivity index (χ2n) is 6.04. The van der Waals surface area contributed by atoms with Crippen molar-refractivity contribution in [1.82, 2.24) is 10.6 Å². The number of urea groups is 1. The summed E-state index contributed by atoms with van der Waals surface area (Å²) in [5, 5.41) is 5.45. The zero-order valence-corrected chi connectivity index (χ0v) is 13.2. The lowest BCUT2D eigenvalue weighted by Gasteiger charge is -2.21. The van der Waals surface area contributed by atoms with Crippen molar-refractivity contribution in [2.24, 2.45) is 5.73 Å². The van der Waals surface area contributed by atoms with Crippen LogP contribution in [0.3, 0.4) is 0 Å². The molecule has 0 spiro atoms. The first-order chi connectivity index (χ1) is 11.1. The number of primary amides is 1. The van der Waals surface area contributed by atoms with Gasteiger partial charge >= 0.3 is 6.03 Å². The van der Waals surface area contributed by atoms with Crippen molar-refractivity contribution >= 4 is 11.9 Å². The van der Waals surface area contributed by atoms with E-state index in [4.69, 9.17) is 5.73 Å². The monoisotopic (exact) mass is 321 g/mol. The van der Waals surface area contributed by atoms with E-state index in [2.05, 4.69) is 10.6 Å². The van der Waals surface area contributed by atoms with Gasteiger partial charge in [0.05, 0.1) is 12.5 Å². The zero-order valence-electron chi connectivity index (χ0n) is 13.2. The van der Waals surface area contributed by atoms with Gasteiger partial charge in [-0.15, -0.1) is 0 Å². The SMILES string of the molecule is NC(=O)N[C@@H](CC(=O)NC1CCCCCC1)c1ccccc1F. The van der Waals surface area contributed by atoms with E-state index in [0.717, 1.165) is 25.7 Å². The van der Waals surface area contributed by atoms with Crippen molar-refractivity contribution in [2.75, 3.05) is 0 Å². The molecule has 4 N–H and O–H groups in total. The number of halogens is 1. The van der Waals surface area contributed by atoms with Gasteiger partial charge in [0.25, 0.3) is 0 Å². The van der Waals surface area contributed by atoms with E-state index >= 15 is 0 Å². The standard InChI is InChI=1S/C17H24FN3O2/c18-14-10-6-5-9-13(14)15(21-17(19)23)11-16(22)20-12-7-3-1-2-4-8-12/h5-6,9-10,12,15H,1-4,7-8,11H2,(H,20,22)(H3,19,21,23)/t15-/m0/s1. The quantitative estimate of drug-likeness (QED) is 0.729. The lowest BCUT2D eigenvalue weighted by Crippen LogP contribution is -2.40. The Hall–Kier alpha value is -2.11. The highest BCUT2D eigenvalue weighted by Gasteiger charge is 2.22. The smallest absolute Gasteiger partial charge is 0.312 e. The van der Waals surface area contributed by atoms with Crippen LogP contribution in [-0.4, -0.2) is 18.0 Å². The summed E-state index contributed by atoms with van der Waals surface area (Å²) in [4.78, 5) is 23.4. The zero-order chi connectivity index (χ0) is 16.7. The molecule has 0 bridgehead atoms. The van der Waals surface area contributed by atoms with Gasteiger partial charge < -0.3 is 16.4 Å². The molecule has 0 aliphatic heterocycles. The van der Waals surface area contributed by atoms with Crippen molar-refractivity contribution < 1.29 is 14.0 Å². The van der Waals surface area contributed by atoms with Gasteiger partial charge in [0.1, 0.15) is 5.82 Å². The molecule has 1 aliphatic rings. The third-order valence-corrected chi connectivity index (χ3v) is 4.21. The number of nitrogens with one attached hydrogen (secondary N) is 2. The van der Waals surface area contributed by atoms with Gasteiger partial charge in [-0.3, -0.25) is 4.79 Å². The van der Waals surface area contributed by atoms with Gasteiger partial charge in [-0.1, -0.05) is 43.9 Å². The summed E-state index contributed by atoms with van der Waals surface area (Å²) in [5.74, 6) is -0.660. The Bertz CT molecular complexity index is 542. The minimum atomic E-state index is -0.777. The fraction of sp³-hybridized carbons (Fsp3) is 0.529. The minimum absolute atomic E-state index is 0.0274. The lowest BCUT2D eigenvalue weighted by atomic mass is 10.0. The van der Waals surface area contributed by atoms with E-state index in [0.29, 0.717) is 0 Å². The second-order valence-corrected chi connectivity index (χ2v) is 6.04. The molecule has 23 heavy (non-hydrogen) atoms. The van der Waals surface area contributed by atoms with Gasteiger partial charge in [-0.2, -0.15) is 0 Å². The minimum Gasteiger partial charge on any atom is -0.353 e. The molecule has 126 valence electrons. The molecule has 1 saturated carbocycles. The molecule has 0 radical (unpaired) electrons. The molecular weight excluding hydrogens is 297 g/mol. The van der Waals surface area contributed by atoms with Crippen LogP contribution in [0.4, 0.5) is 9.18 Å². The molecule has 0 saturated heterocycles. The van der Waals surface area contributed by atoms with Crippen molar-refractivity contribution in [3.8, 4) is 0 Å². The van der Waals surface area contributed by atoms with Crippen LogP contribution >= 0.6 is 0 Å². The number of rotatable bonds is 5. The third-order valence-electron chi connectivity index (χ3n) is 4.21. The van der Waals surface area contributed by atoms with Gasteiger partial charge in [-0.25, -0.2) is 9.18 Å². The number of carbonyl (C=O) groups is 2. The van der Waals surface area contributed by atoms with Crippen LogP contribution in [0, 0.1) is 5.82 Å². The molecule has 1 aromatic rings. The Balaban J connectivity index is 2.00. The number of hydrogen-bond acceptors (Lipinski definition) is 2. The Morgan fingerprint density at radius 2 is 1.83 bits per heavy atom. The lowest BCUT2D eigenvalue weighted by molar-refractivity contribution is -0.122. The predicted octanol–water partition coefficient (Wildman–Crippen LogP) is 2.76.